The van der Waals surface area contributed by atoms with Gasteiger partial charge in [0.15, 0.2) is 0 Å². The van der Waals surface area contributed by atoms with Crippen LogP contribution < -0.4 is 11.2 Å². The van der Waals surface area contributed by atoms with Crippen LogP contribution >= 0.6 is 0 Å². The highest BCUT2D eigenvalue weighted by atomic mass is 16.6. The Labute approximate surface area is 112 Å². The molecule has 0 aliphatic heterocycles. The van der Waals surface area contributed by atoms with E-state index in [4.69, 9.17) is 5.73 Å². The number of H-pyrrole nitrogens is 1. The number of rotatable bonds is 2. The quantitative estimate of drug-likeness (QED) is 0.473. The van der Waals surface area contributed by atoms with Crippen LogP contribution in [0.2, 0.25) is 0 Å². The van der Waals surface area contributed by atoms with Crippen molar-refractivity contribution in [2.75, 3.05) is 0 Å². The van der Waals surface area contributed by atoms with Crippen LogP contribution in [-0.4, -0.2) is 15.8 Å². The Morgan fingerprint density at radius 3 is 2.85 bits per heavy atom. The monoisotopic (exact) mass is 271 g/mol. The van der Waals surface area contributed by atoms with Gasteiger partial charge in [0, 0.05) is 11.1 Å². The number of primary amides is 1. The number of fused-ring (bicyclic) bond motifs is 1. The topological polar surface area (TPSA) is 119 Å². The zero-order valence-corrected chi connectivity index (χ0v) is 10.2. The van der Waals surface area contributed by atoms with Gasteiger partial charge in [-0.3, -0.25) is 19.7 Å². The summed E-state index contributed by atoms with van der Waals surface area (Å²) in [7, 11) is 0. The molecule has 0 atom stereocenters. The largest absolute Gasteiger partial charge is 0.369 e. The van der Waals surface area contributed by atoms with Crippen molar-refractivity contribution >= 4 is 22.5 Å². The Balaban J connectivity index is 2.54. The Morgan fingerprint density at radius 2 is 2.20 bits per heavy atom. The van der Waals surface area contributed by atoms with Gasteiger partial charge in [0.1, 0.15) is 0 Å². The minimum Gasteiger partial charge on any atom is -0.369 e. The number of pyridine rings is 1. The first-order chi connectivity index (χ1) is 9.49. The molecule has 7 heteroatoms. The predicted molar refractivity (Wildman–Crippen MR) is 71.9 cm³/mol. The lowest BCUT2D eigenvalue weighted by Gasteiger charge is -1.98. The first-order valence-electron chi connectivity index (χ1n) is 5.56. The van der Waals surface area contributed by atoms with Crippen molar-refractivity contribution < 1.29 is 9.72 Å². The summed E-state index contributed by atoms with van der Waals surface area (Å²) in [5.41, 5.74) is 4.70. The molecule has 0 radical (unpaired) electrons. The van der Waals surface area contributed by atoms with Gasteiger partial charge in [-0.05, 0) is 18.2 Å². The molecule has 0 spiro atoms. The van der Waals surface area contributed by atoms with Gasteiger partial charge in [0.05, 0.1) is 22.9 Å². The summed E-state index contributed by atoms with van der Waals surface area (Å²) < 4.78 is 0. The van der Waals surface area contributed by atoms with Crippen LogP contribution in [0.4, 0.5) is 5.69 Å². The van der Waals surface area contributed by atoms with Gasteiger partial charge in [-0.2, -0.15) is 0 Å². The van der Waals surface area contributed by atoms with E-state index in [-0.39, 0.29) is 11.8 Å². The van der Waals surface area contributed by atoms with Crippen LogP contribution in [0.25, 0.3) is 10.9 Å². The summed E-state index contributed by atoms with van der Waals surface area (Å²) in [6, 6.07) is 4.67. The second kappa shape index (κ2) is 5.24. The van der Waals surface area contributed by atoms with Crippen molar-refractivity contribution in [3.63, 3.8) is 0 Å². The highest BCUT2D eigenvalue weighted by Crippen LogP contribution is 2.13. The molecule has 0 unspecified atom stereocenters. The number of nitrogens with two attached hydrogens (primary N) is 1. The van der Waals surface area contributed by atoms with E-state index in [1.165, 1.54) is 6.07 Å². The van der Waals surface area contributed by atoms with E-state index in [9.17, 15) is 19.7 Å². The van der Waals surface area contributed by atoms with Crippen LogP contribution in [0, 0.1) is 22.0 Å². The number of nitrogens with zero attached hydrogens (tertiary/aromatic N) is 1. The zero-order chi connectivity index (χ0) is 14.7. The van der Waals surface area contributed by atoms with Crippen molar-refractivity contribution in [2.45, 2.75) is 6.42 Å². The highest BCUT2D eigenvalue weighted by molar-refractivity contribution is 5.82. The zero-order valence-electron chi connectivity index (χ0n) is 10.2. The van der Waals surface area contributed by atoms with E-state index in [0.717, 1.165) is 6.20 Å². The van der Waals surface area contributed by atoms with E-state index >= 15 is 0 Å². The van der Waals surface area contributed by atoms with Crippen molar-refractivity contribution in [3.8, 4) is 11.8 Å². The van der Waals surface area contributed by atoms with E-state index < -0.39 is 21.9 Å². The van der Waals surface area contributed by atoms with Gasteiger partial charge in [0.25, 0.3) is 5.43 Å². The molecule has 2 rings (SSSR count). The van der Waals surface area contributed by atoms with Gasteiger partial charge in [-0.15, -0.1) is 0 Å². The second-order valence-electron chi connectivity index (χ2n) is 3.97. The maximum Gasteiger partial charge on any atom is 0.332 e. The number of aromatic amines is 1. The second-order valence-corrected chi connectivity index (χ2v) is 3.97. The fraction of sp³-hybridized carbons (Fsp3) is 0.0769. The molecule has 0 saturated heterocycles. The van der Waals surface area contributed by atoms with Crippen LogP contribution in [0.1, 0.15) is 12.0 Å². The average Bonchev–Trinajstić information content (AvgIpc) is 2.39. The van der Waals surface area contributed by atoms with Crippen molar-refractivity contribution in [3.05, 3.63) is 50.3 Å². The number of nitrogens with one attached hydrogen (secondary N) is 1. The molecular formula is C13H9N3O4. The number of amides is 1. The molecule has 1 aromatic heterocycles. The summed E-state index contributed by atoms with van der Waals surface area (Å²) in [6.45, 7) is 0. The third-order valence-corrected chi connectivity index (χ3v) is 2.55. The van der Waals surface area contributed by atoms with E-state index in [1.807, 2.05) is 0 Å². The summed E-state index contributed by atoms with van der Waals surface area (Å²) in [6.07, 6.45) is 0.965. The van der Waals surface area contributed by atoms with Gasteiger partial charge in [-0.25, -0.2) is 0 Å². The minimum atomic E-state index is -0.746. The molecule has 0 aliphatic rings. The fourth-order valence-electron chi connectivity index (χ4n) is 1.65. The number of nitro groups is 1. The van der Waals surface area contributed by atoms with Gasteiger partial charge in [0.2, 0.25) is 5.91 Å². The van der Waals surface area contributed by atoms with Gasteiger partial charge >= 0.3 is 5.69 Å². The van der Waals surface area contributed by atoms with Crippen LogP contribution in [0.3, 0.4) is 0 Å². The lowest BCUT2D eigenvalue weighted by Crippen LogP contribution is -2.09. The number of aromatic nitrogens is 1. The Bertz CT molecular complexity index is 827. The normalized spacial score (nSPS) is 9.80. The smallest absolute Gasteiger partial charge is 0.332 e. The Hall–Kier alpha value is -3.14. The SMILES string of the molecule is NC(=O)CC#Cc1ccc2[nH]cc([N+](=O)[O-])c(=O)c2c1. The molecule has 20 heavy (non-hydrogen) atoms. The molecule has 7 nitrogen and oxygen atoms in total. The lowest BCUT2D eigenvalue weighted by molar-refractivity contribution is -0.386. The summed E-state index contributed by atoms with van der Waals surface area (Å²) in [5, 5.41) is 10.9. The maximum atomic E-state index is 11.9. The van der Waals surface area contributed by atoms with E-state index in [0.29, 0.717) is 11.1 Å². The fourth-order valence-corrected chi connectivity index (χ4v) is 1.65. The first-order valence-corrected chi connectivity index (χ1v) is 5.56. The summed E-state index contributed by atoms with van der Waals surface area (Å²) in [5.74, 6) is 4.67. The predicted octanol–water partition coefficient (Wildman–Crippen LogP) is 0.663. The average molecular weight is 271 g/mol. The number of hydrogen-bond donors (Lipinski definition) is 2. The van der Waals surface area contributed by atoms with Crippen LogP contribution in [-0.2, 0) is 4.79 Å². The third kappa shape index (κ3) is 2.64. The molecule has 0 bridgehead atoms. The maximum absolute atomic E-state index is 11.9. The molecule has 3 N–H and O–H groups in total. The lowest BCUT2D eigenvalue weighted by atomic mass is 10.1. The van der Waals surface area contributed by atoms with Gasteiger partial charge < -0.3 is 10.7 Å². The molecule has 1 amide bonds. The van der Waals surface area contributed by atoms with Crippen molar-refractivity contribution in [1.82, 2.24) is 4.98 Å². The standard InChI is InChI=1S/C13H9N3O4/c14-12(17)3-1-2-8-4-5-10-9(6-8)13(18)11(7-15-10)16(19)20/h4-7H,3H2,(H2,14,17)(H,15,18). The molecule has 0 saturated carbocycles. The molecule has 0 aliphatic carbocycles. The number of hydrogen-bond acceptors (Lipinski definition) is 4. The highest BCUT2D eigenvalue weighted by Gasteiger charge is 2.14. The van der Waals surface area contributed by atoms with Gasteiger partial charge in [-0.1, -0.05) is 11.8 Å². The van der Waals surface area contributed by atoms with Crippen LogP contribution in [0.15, 0.2) is 29.2 Å². The summed E-state index contributed by atoms with van der Waals surface area (Å²) >= 11 is 0. The third-order valence-electron chi connectivity index (χ3n) is 2.55. The Morgan fingerprint density at radius 1 is 1.45 bits per heavy atom. The molecule has 0 fully saturated rings. The first kappa shape index (κ1) is 13.3. The number of carbonyl (C=O) groups is 1. The summed E-state index contributed by atoms with van der Waals surface area (Å²) in [4.78, 5) is 35.1. The number of carbonyl (C=O) groups excluding carboxylic acids is 1. The number of benzene rings is 1. The molecule has 1 aromatic carbocycles. The molecular weight excluding hydrogens is 262 g/mol. The van der Waals surface area contributed by atoms with Crippen molar-refractivity contribution in [1.29, 1.82) is 0 Å². The van der Waals surface area contributed by atoms with Crippen molar-refractivity contribution in [2.24, 2.45) is 5.73 Å². The van der Waals surface area contributed by atoms with Crippen LogP contribution in [0.5, 0.6) is 0 Å². The Kier molecular flexibility index (Phi) is 3.48. The molecule has 1 heterocycles. The minimum absolute atomic E-state index is 0.0939. The molecule has 100 valence electrons. The van der Waals surface area contributed by atoms with E-state index in [2.05, 4.69) is 16.8 Å². The van der Waals surface area contributed by atoms with E-state index in [1.54, 1.807) is 12.1 Å². The molecule has 2 aromatic rings.